The molecule has 29 heavy (non-hydrogen) atoms. The minimum Gasteiger partial charge on any atom is -0.491 e. The molecule has 0 aliphatic carbocycles. The van der Waals surface area contributed by atoms with E-state index in [1.807, 2.05) is 50.2 Å². The van der Waals surface area contributed by atoms with Crippen molar-refractivity contribution < 1.29 is 13.9 Å². The van der Waals surface area contributed by atoms with Crippen LogP contribution in [0.1, 0.15) is 35.7 Å². The van der Waals surface area contributed by atoms with Crippen LogP contribution in [0, 0.1) is 0 Å². The van der Waals surface area contributed by atoms with Crippen molar-refractivity contribution >= 4 is 28.5 Å². The van der Waals surface area contributed by atoms with Crippen molar-refractivity contribution in [3.05, 3.63) is 90.1 Å². The van der Waals surface area contributed by atoms with Crippen LogP contribution in [0.4, 0.5) is 0 Å². The Labute approximate surface area is 168 Å². The van der Waals surface area contributed by atoms with E-state index in [1.165, 1.54) is 0 Å². The van der Waals surface area contributed by atoms with Crippen LogP contribution in [0.25, 0.3) is 22.7 Å². The molecule has 0 amide bonds. The number of aromatic nitrogens is 2. The fourth-order valence-electron chi connectivity index (χ4n) is 2.95. The summed E-state index contributed by atoms with van der Waals surface area (Å²) in [5.74, 6) is 0.815. The summed E-state index contributed by atoms with van der Waals surface area (Å²) in [7, 11) is 0. The van der Waals surface area contributed by atoms with Gasteiger partial charge in [0.1, 0.15) is 11.3 Å². The molecule has 2 aromatic carbocycles. The maximum absolute atomic E-state index is 13.3. The molecule has 0 saturated heterocycles. The summed E-state index contributed by atoms with van der Waals surface area (Å²) in [5, 5.41) is 0. The summed E-state index contributed by atoms with van der Waals surface area (Å²) in [6, 6.07) is 18.2. The molecule has 5 heteroatoms. The predicted molar refractivity (Wildman–Crippen MR) is 113 cm³/mol. The van der Waals surface area contributed by atoms with Gasteiger partial charge in [0.15, 0.2) is 11.4 Å². The van der Waals surface area contributed by atoms with Crippen LogP contribution < -0.4 is 4.74 Å². The molecule has 144 valence electrons. The van der Waals surface area contributed by atoms with E-state index in [-0.39, 0.29) is 17.8 Å². The molecule has 0 radical (unpaired) electrons. The Morgan fingerprint density at radius 2 is 1.83 bits per heavy atom. The topological polar surface area (TPSA) is 65.2 Å². The second-order valence-electron chi connectivity index (χ2n) is 6.85. The summed E-state index contributed by atoms with van der Waals surface area (Å²) >= 11 is 0. The number of pyridine rings is 1. The first-order valence-electron chi connectivity index (χ1n) is 9.39. The third-order valence-corrected chi connectivity index (χ3v) is 4.25. The SMILES string of the molecule is CC(C)Oc1ccc(C(=O)/C(=C\c2cccnc2)c2nc3ccccc3o2)cc1. The number of benzene rings is 2. The van der Waals surface area contributed by atoms with Crippen LogP contribution in [0.5, 0.6) is 5.75 Å². The van der Waals surface area contributed by atoms with Gasteiger partial charge in [0.05, 0.1) is 11.7 Å². The summed E-state index contributed by atoms with van der Waals surface area (Å²) in [4.78, 5) is 22.0. The zero-order valence-electron chi connectivity index (χ0n) is 16.2. The van der Waals surface area contributed by atoms with Crippen molar-refractivity contribution in [1.29, 1.82) is 0 Å². The molecule has 0 spiro atoms. The molecular formula is C24H20N2O3. The first-order chi connectivity index (χ1) is 14.1. The number of nitrogens with zero attached hydrogens (tertiary/aromatic N) is 2. The minimum atomic E-state index is -0.184. The van der Waals surface area contributed by atoms with Gasteiger partial charge in [0, 0.05) is 18.0 Å². The lowest BCUT2D eigenvalue weighted by atomic mass is 10.0. The second kappa shape index (κ2) is 8.10. The Bertz CT molecular complexity index is 1130. The van der Waals surface area contributed by atoms with E-state index in [9.17, 15) is 4.79 Å². The van der Waals surface area contributed by atoms with Gasteiger partial charge in [-0.05, 0) is 68.0 Å². The van der Waals surface area contributed by atoms with Crippen molar-refractivity contribution in [3.8, 4) is 5.75 Å². The fourth-order valence-corrected chi connectivity index (χ4v) is 2.95. The van der Waals surface area contributed by atoms with Crippen molar-refractivity contribution in [1.82, 2.24) is 9.97 Å². The number of allylic oxidation sites excluding steroid dienone is 1. The number of carbonyl (C=O) groups is 1. The Morgan fingerprint density at radius 1 is 1.03 bits per heavy atom. The minimum absolute atomic E-state index is 0.0670. The molecule has 0 bridgehead atoms. The molecular weight excluding hydrogens is 364 g/mol. The molecule has 0 fully saturated rings. The number of para-hydroxylation sites is 2. The third kappa shape index (κ3) is 4.24. The highest BCUT2D eigenvalue weighted by molar-refractivity contribution is 6.31. The molecule has 2 heterocycles. The number of rotatable bonds is 6. The fraction of sp³-hybridized carbons (Fsp3) is 0.125. The van der Waals surface area contributed by atoms with Gasteiger partial charge in [-0.2, -0.15) is 0 Å². The Balaban J connectivity index is 1.75. The molecule has 0 aliphatic heterocycles. The molecule has 0 N–H and O–H groups in total. The van der Waals surface area contributed by atoms with Gasteiger partial charge in [-0.25, -0.2) is 4.98 Å². The van der Waals surface area contributed by atoms with Crippen LogP contribution in [0.2, 0.25) is 0 Å². The van der Waals surface area contributed by atoms with Gasteiger partial charge in [0.25, 0.3) is 0 Å². The van der Waals surface area contributed by atoms with E-state index < -0.39 is 0 Å². The smallest absolute Gasteiger partial charge is 0.231 e. The predicted octanol–water partition coefficient (Wildman–Crippen LogP) is 5.43. The number of Topliss-reactive ketones (excluding diaryl/α,β-unsaturated/α-hetero) is 1. The molecule has 0 aliphatic rings. The number of oxazole rings is 1. The normalized spacial score (nSPS) is 11.8. The Kier molecular flexibility index (Phi) is 5.20. The highest BCUT2D eigenvalue weighted by atomic mass is 16.5. The molecule has 0 unspecified atom stereocenters. The van der Waals surface area contributed by atoms with E-state index in [0.29, 0.717) is 22.2 Å². The average molecular weight is 384 g/mol. The quantitative estimate of drug-likeness (QED) is 0.327. The first-order valence-corrected chi connectivity index (χ1v) is 9.39. The van der Waals surface area contributed by atoms with E-state index >= 15 is 0 Å². The van der Waals surface area contributed by atoms with Gasteiger partial charge >= 0.3 is 0 Å². The van der Waals surface area contributed by atoms with Crippen LogP contribution in [0.3, 0.4) is 0 Å². The summed E-state index contributed by atoms with van der Waals surface area (Å²) < 4.78 is 11.5. The first kappa shape index (κ1) is 18.6. The molecule has 5 nitrogen and oxygen atoms in total. The van der Waals surface area contributed by atoms with Crippen LogP contribution in [-0.4, -0.2) is 21.9 Å². The molecule has 2 aromatic heterocycles. The number of ketones is 1. The van der Waals surface area contributed by atoms with Gasteiger partial charge < -0.3 is 9.15 Å². The monoisotopic (exact) mass is 384 g/mol. The molecule has 0 saturated carbocycles. The maximum Gasteiger partial charge on any atom is 0.231 e. The second-order valence-corrected chi connectivity index (χ2v) is 6.85. The third-order valence-electron chi connectivity index (χ3n) is 4.25. The van der Waals surface area contributed by atoms with Crippen molar-refractivity contribution in [2.24, 2.45) is 0 Å². The lowest BCUT2D eigenvalue weighted by Gasteiger charge is -2.10. The van der Waals surface area contributed by atoms with Crippen LogP contribution in [0.15, 0.2) is 77.5 Å². The number of carbonyl (C=O) groups excluding carboxylic acids is 1. The maximum atomic E-state index is 13.3. The zero-order valence-corrected chi connectivity index (χ0v) is 16.2. The van der Waals surface area contributed by atoms with E-state index in [1.54, 1.807) is 42.7 Å². The summed E-state index contributed by atoms with van der Waals surface area (Å²) in [5.41, 5.74) is 3.02. The number of hydrogen-bond donors (Lipinski definition) is 0. The van der Waals surface area contributed by atoms with E-state index in [2.05, 4.69) is 9.97 Å². The Morgan fingerprint density at radius 3 is 2.52 bits per heavy atom. The average Bonchev–Trinajstić information content (AvgIpc) is 3.16. The lowest BCUT2D eigenvalue weighted by Crippen LogP contribution is -2.06. The molecule has 0 atom stereocenters. The standard InChI is InChI=1S/C24H20N2O3/c1-16(2)28-19-11-9-18(10-12-19)23(27)20(14-17-6-5-13-25-15-17)24-26-21-7-3-4-8-22(21)29-24/h3-16H,1-2H3/b20-14+. The molecule has 4 rings (SSSR count). The van der Waals surface area contributed by atoms with E-state index in [4.69, 9.17) is 9.15 Å². The number of ether oxygens (including phenoxy) is 1. The summed E-state index contributed by atoms with van der Waals surface area (Å²) in [6.07, 6.45) is 5.19. The lowest BCUT2D eigenvalue weighted by molar-refractivity contribution is 0.105. The number of hydrogen-bond acceptors (Lipinski definition) is 5. The van der Waals surface area contributed by atoms with Gasteiger partial charge in [-0.1, -0.05) is 18.2 Å². The van der Waals surface area contributed by atoms with Gasteiger partial charge in [0.2, 0.25) is 5.89 Å². The van der Waals surface area contributed by atoms with Crippen molar-refractivity contribution in [2.45, 2.75) is 20.0 Å². The van der Waals surface area contributed by atoms with Crippen LogP contribution >= 0.6 is 0 Å². The largest absolute Gasteiger partial charge is 0.491 e. The van der Waals surface area contributed by atoms with Crippen molar-refractivity contribution in [3.63, 3.8) is 0 Å². The van der Waals surface area contributed by atoms with E-state index in [0.717, 1.165) is 11.3 Å². The van der Waals surface area contributed by atoms with Gasteiger partial charge in [-0.15, -0.1) is 0 Å². The van der Waals surface area contributed by atoms with Crippen molar-refractivity contribution in [2.75, 3.05) is 0 Å². The highest BCUT2D eigenvalue weighted by Crippen LogP contribution is 2.27. The van der Waals surface area contributed by atoms with Gasteiger partial charge in [-0.3, -0.25) is 9.78 Å². The van der Waals surface area contributed by atoms with Crippen LogP contribution in [-0.2, 0) is 0 Å². The zero-order chi connectivity index (χ0) is 20.2. The highest BCUT2D eigenvalue weighted by Gasteiger charge is 2.20. The number of fused-ring (bicyclic) bond motifs is 1. The molecule has 4 aromatic rings. The Hall–Kier alpha value is -3.73. The summed E-state index contributed by atoms with van der Waals surface area (Å²) in [6.45, 7) is 3.92.